The molecule has 1 fully saturated rings. The van der Waals surface area contributed by atoms with E-state index in [-0.39, 0.29) is 6.04 Å². The van der Waals surface area contributed by atoms with Gasteiger partial charge in [-0.05, 0) is 19.8 Å². The van der Waals surface area contributed by atoms with Crippen LogP contribution >= 0.6 is 0 Å². The quantitative estimate of drug-likeness (QED) is 0.743. The lowest BCUT2D eigenvalue weighted by atomic mass is 10.0. The third-order valence-corrected chi connectivity index (χ3v) is 2.75. The molecule has 0 radical (unpaired) electrons. The Morgan fingerprint density at radius 3 is 2.20 bits per heavy atom. The largest absolute Gasteiger partial charge is 0.415 e. The first-order chi connectivity index (χ1) is 6.75. The number of nitrogens with one attached hydrogen (secondary N) is 1. The maximum Gasteiger partial charge on any atom is 0.415 e. The van der Waals surface area contributed by atoms with Crippen molar-refractivity contribution in [1.82, 2.24) is 5.32 Å². The maximum absolute atomic E-state index is 12.4. The first-order valence-corrected chi connectivity index (χ1v) is 4.91. The molecule has 1 aliphatic carbocycles. The Morgan fingerprint density at radius 1 is 1.33 bits per heavy atom. The van der Waals surface area contributed by atoms with Crippen molar-refractivity contribution in [3.05, 3.63) is 0 Å². The van der Waals surface area contributed by atoms with Crippen molar-refractivity contribution in [3.8, 4) is 0 Å². The van der Waals surface area contributed by atoms with Gasteiger partial charge in [0.15, 0.2) is 5.54 Å². The van der Waals surface area contributed by atoms with Crippen molar-refractivity contribution < 1.29 is 18.0 Å². The lowest BCUT2D eigenvalue weighted by Gasteiger charge is -2.27. The van der Waals surface area contributed by atoms with Gasteiger partial charge < -0.3 is 11.1 Å². The highest BCUT2D eigenvalue weighted by molar-refractivity contribution is 5.86. The van der Waals surface area contributed by atoms with Crippen molar-refractivity contribution >= 4 is 5.91 Å². The second-order valence-electron chi connectivity index (χ2n) is 4.15. The fourth-order valence-electron chi connectivity index (χ4n) is 1.53. The molecule has 1 amide bonds. The van der Waals surface area contributed by atoms with Gasteiger partial charge in [0, 0.05) is 6.04 Å². The number of carbonyl (C=O) groups is 1. The summed E-state index contributed by atoms with van der Waals surface area (Å²) in [6.07, 6.45) is -1.36. The van der Waals surface area contributed by atoms with Gasteiger partial charge in [-0.3, -0.25) is 4.79 Å². The molecule has 0 aromatic carbocycles. The van der Waals surface area contributed by atoms with E-state index in [2.05, 4.69) is 5.32 Å². The SMILES string of the molecule is CC(N)(C(=O)NC1CCCC1)C(F)(F)F. The number of alkyl halides is 3. The second-order valence-corrected chi connectivity index (χ2v) is 4.15. The van der Waals surface area contributed by atoms with E-state index in [1.807, 2.05) is 0 Å². The minimum absolute atomic E-state index is 0.150. The number of rotatable bonds is 2. The topological polar surface area (TPSA) is 55.1 Å². The predicted octanol–water partition coefficient (Wildman–Crippen LogP) is 1.32. The van der Waals surface area contributed by atoms with Crippen molar-refractivity contribution in [3.63, 3.8) is 0 Å². The van der Waals surface area contributed by atoms with Crippen LogP contribution in [0.15, 0.2) is 0 Å². The lowest BCUT2D eigenvalue weighted by molar-refractivity contribution is -0.187. The van der Waals surface area contributed by atoms with E-state index < -0.39 is 17.6 Å². The van der Waals surface area contributed by atoms with Gasteiger partial charge in [0.05, 0.1) is 0 Å². The van der Waals surface area contributed by atoms with E-state index in [1.54, 1.807) is 0 Å². The van der Waals surface area contributed by atoms with E-state index in [1.165, 1.54) is 0 Å². The van der Waals surface area contributed by atoms with Crippen molar-refractivity contribution in [1.29, 1.82) is 0 Å². The third-order valence-electron chi connectivity index (χ3n) is 2.75. The van der Waals surface area contributed by atoms with E-state index in [9.17, 15) is 18.0 Å². The fourth-order valence-corrected chi connectivity index (χ4v) is 1.53. The smallest absolute Gasteiger partial charge is 0.351 e. The van der Waals surface area contributed by atoms with Gasteiger partial charge in [0.1, 0.15) is 0 Å². The molecule has 3 N–H and O–H groups in total. The van der Waals surface area contributed by atoms with Gasteiger partial charge in [-0.1, -0.05) is 12.8 Å². The van der Waals surface area contributed by atoms with Gasteiger partial charge >= 0.3 is 6.18 Å². The van der Waals surface area contributed by atoms with Crippen molar-refractivity contribution in [2.45, 2.75) is 50.4 Å². The van der Waals surface area contributed by atoms with Crippen LogP contribution in [0.4, 0.5) is 13.2 Å². The standard InChI is InChI=1S/C9H15F3N2O/c1-8(13,9(10,11)12)7(15)14-6-4-2-3-5-6/h6H,2-5,13H2,1H3,(H,14,15). The van der Waals surface area contributed by atoms with Gasteiger partial charge in [-0.2, -0.15) is 13.2 Å². The average Bonchev–Trinajstić information content (AvgIpc) is 2.54. The summed E-state index contributed by atoms with van der Waals surface area (Å²) in [5, 5.41) is 2.34. The highest BCUT2D eigenvalue weighted by atomic mass is 19.4. The van der Waals surface area contributed by atoms with Gasteiger partial charge in [-0.25, -0.2) is 0 Å². The summed E-state index contributed by atoms with van der Waals surface area (Å²) in [5.41, 5.74) is 2.18. The monoisotopic (exact) mass is 224 g/mol. The minimum atomic E-state index is -4.71. The van der Waals surface area contributed by atoms with Gasteiger partial charge in [-0.15, -0.1) is 0 Å². The van der Waals surface area contributed by atoms with Crippen LogP contribution in [0.25, 0.3) is 0 Å². The van der Waals surface area contributed by atoms with E-state index in [0.717, 1.165) is 25.7 Å². The Balaban J connectivity index is 2.59. The van der Waals surface area contributed by atoms with Gasteiger partial charge in [0.2, 0.25) is 5.91 Å². The molecular formula is C9H15F3N2O. The number of carbonyl (C=O) groups excluding carboxylic acids is 1. The van der Waals surface area contributed by atoms with Crippen LogP contribution in [0.3, 0.4) is 0 Å². The highest BCUT2D eigenvalue weighted by Crippen LogP contribution is 2.28. The highest BCUT2D eigenvalue weighted by Gasteiger charge is 2.54. The number of nitrogens with two attached hydrogens (primary N) is 1. The molecule has 1 aliphatic rings. The lowest BCUT2D eigenvalue weighted by Crippen LogP contribution is -2.62. The number of hydrogen-bond acceptors (Lipinski definition) is 2. The van der Waals surface area contributed by atoms with Crippen LogP contribution in [0.5, 0.6) is 0 Å². The van der Waals surface area contributed by atoms with E-state index in [4.69, 9.17) is 5.73 Å². The molecule has 15 heavy (non-hydrogen) atoms. The second kappa shape index (κ2) is 4.00. The fraction of sp³-hybridized carbons (Fsp3) is 0.889. The molecule has 1 saturated carbocycles. The molecule has 6 heteroatoms. The van der Waals surface area contributed by atoms with Crippen LogP contribution in [-0.4, -0.2) is 23.7 Å². The molecule has 1 rings (SSSR count). The molecule has 0 bridgehead atoms. The Morgan fingerprint density at radius 2 is 1.80 bits per heavy atom. The molecule has 0 aliphatic heterocycles. The Labute approximate surface area is 86.2 Å². The molecule has 3 nitrogen and oxygen atoms in total. The molecule has 1 atom stereocenters. The zero-order valence-corrected chi connectivity index (χ0v) is 8.53. The molecule has 0 aromatic heterocycles. The normalized spacial score (nSPS) is 22.5. The minimum Gasteiger partial charge on any atom is -0.351 e. The molecule has 0 spiro atoms. The van der Waals surface area contributed by atoms with Crippen LogP contribution in [-0.2, 0) is 4.79 Å². The summed E-state index contributed by atoms with van der Waals surface area (Å²) in [6, 6.07) is -0.150. The first-order valence-electron chi connectivity index (χ1n) is 4.91. The summed E-state index contributed by atoms with van der Waals surface area (Å²) >= 11 is 0. The number of halogens is 3. The summed E-state index contributed by atoms with van der Waals surface area (Å²) in [7, 11) is 0. The summed E-state index contributed by atoms with van der Waals surface area (Å²) < 4.78 is 37.1. The molecule has 0 aromatic rings. The molecule has 1 unspecified atom stereocenters. The zero-order valence-electron chi connectivity index (χ0n) is 8.53. The Hall–Kier alpha value is -0.780. The zero-order chi connectivity index (χ0) is 11.7. The first kappa shape index (κ1) is 12.3. The average molecular weight is 224 g/mol. The Bertz CT molecular complexity index is 244. The van der Waals surface area contributed by atoms with E-state index in [0.29, 0.717) is 6.92 Å². The summed E-state index contributed by atoms with van der Waals surface area (Å²) in [5.74, 6) is -1.14. The maximum atomic E-state index is 12.4. The summed E-state index contributed by atoms with van der Waals surface area (Å²) in [4.78, 5) is 11.3. The van der Waals surface area contributed by atoms with Crippen LogP contribution in [0.1, 0.15) is 32.6 Å². The molecule has 88 valence electrons. The summed E-state index contributed by atoms with van der Waals surface area (Å²) in [6.45, 7) is 0.692. The number of amides is 1. The van der Waals surface area contributed by atoms with Gasteiger partial charge in [0.25, 0.3) is 0 Å². The predicted molar refractivity (Wildman–Crippen MR) is 49.0 cm³/mol. The van der Waals surface area contributed by atoms with E-state index >= 15 is 0 Å². The molecular weight excluding hydrogens is 209 g/mol. The van der Waals surface area contributed by atoms with Crippen molar-refractivity contribution in [2.24, 2.45) is 5.73 Å². The van der Waals surface area contributed by atoms with Crippen molar-refractivity contribution in [2.75, 3.05) is 0 Å². The number of hydrogen-bond donors (Lipinski definition) is 2. The van der Waals surface area contributed by atoms with Crippen LogP contribution in [0, 0.1) is 0 Å². The molecule has 0 heterocycles. The Kier molecular flexibility index (Phi) is 3.28. The molecule has 0 saturated heterocycles. The van der Waals surface area contributed by atoms with Crippen LogP contribution < -0.4 is 11.1 Å². The van der Waals surface area contributed by atoms with Crippen LogP contribution in [0.2, 0.25) is 0 Å². The third kappa shape index (κ3) is 2.62.